The molecule has 0 spiro atoms. The zero-order chi connectivity index (χ0) is 19.5. The van der Waals surface area contributed by atoms with E-state index >= 15 is 0 Å². The Kier molecular flexibility index (Phi) is 6.20. The van der Waals surface area contributed by atoms with Crippen molar-refractivity contribution in [2.45, 2.75) is 13.8 Å². The molecule has 148 valence electrons. The lowest BCUT2D eigenvalue weighted by molar-refractivity contribution is 0.414. The van der Waals surface area contributed by atoms with Crippen LogP contribution in [-0.2, 0) is 0 Å². The fraction of sp³-hybridized carbons (Fsp3) is 0.130. The molecule has 0 saturated heterocycles. The summed E-state index contributed by atoms with van der Waals surface area (Å²) in [6.07, 6.45) is 0. The summed E-state index contributed by atoms with van der Waals surface area (Å²) in [5, 5.41) is 7.78. The minimum atomic E-state index is 0. The van der Waals surface area contributed by atoms with Crippen molar-refractivity contribution >= 4 is 46.5 Å². The Morgan fingerprint density at radius 1 is 0.759 bits per heavy atom. The van der Waals surface area contributed by atoms with Gasteiger partial charge in [0.25, 0.3) is 0 Å². The van der Waals surface area contributed by atoms with E-state index in [2.05, 4.69) is 28.6 Å². The van der Waals surface area contributed by atoms with Gasteiger partial charge in [0, 0.05) is 16.8 Å². The molecular formula is C23H23ClN4O. The van der Waals surface area contributed by atoms with Crippen molar-refractivity contribution in [2.24, 2.45) is 0 Å². The van der Waals surface area contributed by atoms with Gasteiger partial charge in [-0.05, 0) is 61.4 Å². The van der Waals surface area contributed by atoms with Crippen LogP contribution >= 0.6 is 12.4 Å². The van der Waals surface area contributed by atoms with Gasteiger partial charge in [0.05, 0.1) is 12.6 Å². The number of nitrogens with zero attached hydrogens (tertiary/aromatic N) is 2. The zero-order valence-corrected chi connectivity index (χ0v) is 17.4. The van der Waals surface area contributed by atoms with Crippen LogP contribution in [0.3, 0.4) is 0 Å². The van der Waals surface area contributed by atoms with Crippen LogP contribution in [0, 0.1) is 13.8 Å². The molecule has 0 amide bonds. The number of aryl methyl sites for hydroxylation is 2. The fourth-order valence-corrected chi connectivity index (χ4v) is 3.09. The Labute approximate surface area is 176 Å². The molecule has 0 atom stereocenters. The highest BCUT2D eigenvalue weighted by atomic mass is 35.5. The Bertz CT molecular complexity index is 1150. The van der Waals surface area contributed by atoms with Gasteiger partial charge in [-0.25, -0.2) is 4.98 Å². The number of benzene rings is 3. The highest BCUT2D eigenvalue weighted by Gasteiger charge is 2.10. The molecule has 0 unspecified atom stereocenters. The zero-order valence-electron chi connectivity index (χ0n) is 16.6. The molecule has 0 fully saturated rings. The minimum absolute atomic E-state index is 0. The molecule has 1 aromatic heterocycles. The second kappa shape index (κ2) is 8.80. The lowest BCUT2D eigenvalue weighted by Crippen LogP contribution is -2.03. The lowest BCUT2D eigenvalue weighted by atomic mass is 10.2. The van der Waals surface area contributed by atoms with E-state index in [0.29, 0.717) is 5.95 Å². The predicted octanol–water partition coefficient (Wildman–Crippen LogP) is 6.16. The number of methoxy groups -OCH3 is 1. The first-order chi connectivity index (χ1) is 13.6. The molecule has 4 rings (SSSR count). The van der Waals surface area contributed by atoms with Crippen LogP contribution in [0.5, 0.6) is 5.75 Å². The Morgan fingerprint density at radius 2 is 1.48 bits per heavy atom. The van der Waals surface area contributed by atoms with Crippen molar-refractivity contribution in [2.75, 3.05) is 17.7 Å². The number of aromatic nitrogens is 2. The van der Waals surface area contributed by atoms with Gasteiger partial charge < -0.3 is 15.4 Å². The molecule has 2 N–H and O–H groups in total. The van der Waals surface area contributed by atoms with E-state index in [1.54, 1.807) is 7.11 Å². The largest absolute Gasteiger partial charge is 0.497 e. The number of nitrogens with one attached hydrogen (secondary N) is 2. The Morgan fingerprint density at radius 3 is 2.24 bits per heavy atom. The summed E-state index contributed by atoms with van der Waals surface area (Å²) < 4.78 is 5.29. The summed E-state index contributed by atoms with van der Waals surface area (Å²) in [4.78, 5) is 9.44. The van der Waals surface area contributed by atoms with Crippen molar-refractivity contribution in [3.63, 3.8) is 0 Å². The van der Waals surface area contributed by atoms with Crippen molar-refractivity contribution < 1.29 is 4.74 Å². The van der Waals surface area contributed by atoms with Gasteiger partial charge in [-0.15, -0.1) is 12.4 Å². The molecule has 0 saturated carbocycles. The number of halogens is 1. The molecule has 29 heavy (non-hydrogen) atoms. The van der Waals surface area contributed by atoms with Crippen LogP contribution in [0.1, 0.15) is 11.1 Å². The van der Waals surface area contributed by atoms with Crippen LogP contribution in [0.25, 0.3) is 10.9 Å². The molecular weight excluding hydrogens is 384 g/mol. The van der Waals surface area contributed by atoms with Gasteiger partial charge in [-0.2, -0.15) is 4.98 Å². The number of rotatable bonds is 5. The second-order valence-electron chi connectivity index (χ2n) is 6.66. The van der Waals surface area contributed by atoms with Crippen LogP contribution in [0.15, 0.2) is 66.7 Å². The SMILES string of the molecule is COc1ccc(Nc2nc(Nc3ccccc3C)c3ccccc3n2)c(C)c1.Cl. The van der Waals surface area contributed by atoms with E-state index in [1.807, 2.05) is 67.6 Å². The summed E-state index contributed by atoms with van der Waals surface area (Å²) in [7, 11) is 1.66. The normalized spacial score (nSPS) is 10.3. The molecule has 0 aliphatic heterocycles. The second-order valence-corrected chi connectivity index (χ2v) is 6.66. The van der Waals surface area contributed by atoms with E-state index in [1.165, 1.54) is 0 Å². The monoisotopic (exact) mass is 406 g/mol. The van der Waals surface area contributed by atoms with Gasteiger partial charge in [-0.1, -0.05) is 30.3 Å². The molecule has 4 aromatic rings. The summed E-state index contributed by atoms with van der Waals surface area (Å²) in [5.41, 5.74) is 5.06. The quantitative estimate of drug-likeness (QED) is 0.415. The topological polar surface area (TPSA) is 59.1 Å². The average molecular weight is 407 g/mol. The highest BCUT2D eigenvalue weighted by Crippen LogP contribution is 2.29. The first-order valence-corrected chi connectivity index (χ1v) is 9.15. The summed E-state index contributed by atoms with van der Waals surface area (Å²) in [5.74, 6) is 2.14. The maximum Gasteiger partial charge on any atom is 0.229 e. The number of hydrogen-bond donors (Lipinski definition) is 2. The maximum atomic E-state index is 5.29. The third-order valence-corrected chi connectivity index (χ3v) is 4.68. The third kappa shape index (κ3) is 4.41. The van der Waals surface area contributed by atoms with E-state index in [4.69, 9.17) is 9.72 Å². The van der Waals surface area contributed by atoms with E-state index < -0.39 is 0 Å². The molecule has 6 heteroatoms. The van der Waals surface area contributed by atoms with Crippen LogP contribution in [0.4, 0.5) is 23.1 Å². The molecule has 0 radical (unpaired) electrons. The van der Waals surface area contributed by atoms with Gasteiger partial charge in [-0.3, -0.25) is 0 Å². The molecule has 5 nitrogen and oxygen atoms in total. The Balaban J connectivity index is 0.00000240. The van der Waals surface area contributed by atoms with Gasteiger partial charge in [0.1, 0.15) is 11.6 Å². The van der Waals surface area contributed by atoms with E-state index in [0.717, 1.165) is 45.0 Å². The molecule has 1 heterocycles. The number of hydrogen-bond acceptors (Lipinski definition) is 5. The molecule has 0 bridgehead atoms. The third-order valence-electron chi connectivity index (χ3n) is 4.68. The summed E-state index contributed by atoms with van der Waals surface area (Å²) >= 11 is 0. The first-order valence-electron chi connectivity index (χ1n) is 9.15. The van der Waals surface area contributed by atoms with Crippen molar-refractivity contribution in [1.82, 2.24) is 9.97 Å². The standard InChI is InChI=1S/C23H22N4O.ClH/c1-15-8-4-6-10-19(15)24-22-18-9-5-7-11-21(18)26-23(27-22)25-20-13-12-17(28-3)14-16(20)2;/h4-14H,1-3H3,(H2,24,25,26,27);1H. The fourth-order valence-electron chi connectivity index (χ4n) is 3.09. The van der Waals surface area contributed by atoms with Crippen LogP contribution in [-0.4, -0.2) is 17.1 Å². The van der Waals surface area contributed by atoms with Gasteiger partial charge >= 0.3 is 0 Å². The van der Waals surface area contributed by atoms with E-state index in [9.17, 15) is 0 Å². The number of para-hydroxylation sites is 2. The summed E-state index contributed by atoms with van der Waals surface area (Å²) in [6, 6.07) is 22.0. The summed E-state index contributed by atoms with van der Waals surface area (Å²) in [6.45, 7) is 4.10. The van der Waals surface area contributed by atoms with Crippen LogP contribution in [0.2, 0.25) is 0 Å². The molecule has 0 aliphatic rings. The minimum Gasteiger partial charge on any atom is -0.497 e. The number of fused-ring (bicyclic) bond motifs is 1. The maximum absolute atomic E-state index is 5.29. The lowest BCUT2D eigenvalue weighted by Gasteiger charge is -2.14. The predicted molar refractivity (Wildman–Crippen MR) is 122 cm³/mol. The van der Waals surface area contributed by atoms with Gasteiger partial charge in [0.15, 0.2) is 0 Å². The van der Waals surface area contributed by atoms with Crippen molar-refractivity contribution in [3.8, 4) is 5.75 Å². The van der Waals surface area contributed by atoms with Gasteiger partial charge in [0.2, 0.25) is 5.95 Å². The number of anilines is 4. The van der Waals surface area contributed by atoms with Crippen LogP contribution < -0.4 is 15.4 Å². The van der Waals surface area contributed by atoms with E-state index in [-0.39, 0.29) is 12.4 Å². The smallest absolute Gasteiger partial charge is 0.229 e. The average Bonchev–Trinajstić information content (AvgIpc) is 2.71. The molecule has 0 aliphatic carbocycles. The molecule has 3 aromatic carbocycles. The van der Waals surface area contributed by atoms with Crippen molar-refractivity contribution in [3.05, 3.63) is 77.9 Å². The van der Waals surface area contributed by atoms with Crippen molar-refractivity contribution in [1.29, 1.82) is 0 Å². The highest BCUT2D eigenvalue weighted by molar-refractivity contribution is 5.92. The number of ether oxygens (including phenoxy) is 1. The Hall–Kier alpha value is -3.31. The first kappa shape index (κ1) is 20.4.